The number of hydrogen-bond acceptors (Lipinski definition) is 2. The summed E-state index contributed by atoms with van der Waals surface area (Å²) in [5, 5.41) is 5.62. The Balaban J connectivity index is 0.000000540. The quantitative estimate of drug-likeness (QED) is 0.355. The van der Waals surface area contributed by atoms with Crippen LogP contribution in [0.3, 0.4) is 0 Å². The summed E-state index contributed by atoms with van der Waals surface area (Å²) in [6.45, 7) is 14.5. The number of aromatic nitrogens is 1. The van der Waals surface area contributed by atoms with Gasteiger partial charge in [0.25, 0.3) is 0 Å². The van der Waals surface area contributed by atoms with Crippen molar-refractivity contribution >= 4 is 64.2 Å². The van der Waals surface area contributed by atoms with E-state index in [1.54, 1.807) is 0 Å². The van der Waals surface area contributed by atoms with Crippen molar-refractivity contribution in [2.75, 3.05) is 12.3 Å². The Morgan fingerprint density at radius 2 is 1.70 bits per heavy atom. The standard InChI is InChI=1S/C12H12Cl3N.C9H19NOS.C2H6/c1-2-3-4-16-7-11(15)8-5-9(13)10(14)6-12(8)16;1-4-9(2,3)5-6-10-8(11)7-12;1-2/h5-7H,2-4H2,1H3;12H,4-7H2,1-3H3,(H,10,11);1-2H3. The number of hydrogen-bond donors (Lipinski definition) is 2. The maximum atomic E-state index is 10.8. The van der Waals surface area contributed by atoms with E-state index in [0.717, 1.165) is 54.7 Å². The first-order valence-electron chi connectivity index (χ1n) is 10.7. The minimum atomic E-state index is 0.0187. The Labute approximate surface area is 203 Å². The van der Waals surface area contributed by atoms with Crippen LogP contribution in [0.15, 0.2) is 18.3 Å². The summed E-state index contributed by atoms with van der Waals surface area (Å²) >= 11 is 22.0. The van der Waals surface area contributed by atoms with Crippen molar-refractivity contribution in [2.45, 2.75) is 73.8 Å². The number of fused-ring (bicyclic) bond motifs is 1. The number of halogens is 3. The third-order valence-electron chi connectivity index (χ3n) is 4.85. The van der Waals surface area contributed by atoms with Gasteiger partial charge in [0.2, 0.25) is 5.91 Å². The van der Waals surface area contributed by atoms with Gasteiger partial charge in [-0.15, -0.1) is 0 Å². The van der Waals surface area contributed by atoms with Crippen LogP contribution in [-0.2, 0) is 11.3 Å². The first kappa shape index (κ1) is 29.5. The molecule has 0 saturated carbocycles. The summed E-state index contributed by atoms with van der Waals surface area (Å²) < 4.78 is 2.13. The molecule has 1 N–H and O–H groups in total. The van der Waals surface area contributed by atoms with Gasteiger partial charge in [0.15, 0.2) is 0 Å². The predicted molar refractivity (Wildman–Crippen MR) is 139 cm³/mol. The monoisotopic (exact) mass is 494 g/mol. The molecule has 1 amide bonds. The Morgan fingerprint density at radius 1 is 1.10 bits per heavy atom. The molecule has 0 spiro atoms. The van der Waals surface area contributed by atoms with Gasteiger partial charge in [-0.05, 0) is 30.4 Å². The highest BCUT2D eigenvalue weighted by molar-refractivity contribution is 7.81. The van der Waals surface area contributed by atoms with E-state index < -0.39 is 0 Å². The highest BCUT2D eigenvalue weighted by atomic mass is 35.5. The lowest BCUT2D eigenvalue weighted by atomic mass is 9.87. The van der Waals surface area contributed by atoms with Crippen molar-refractivity contribution in [1.29, 1.82) is 0 Å². The van der Waals surface area contributed by atoms with Crippen molar-refractivity contribution in [2.24, 2.45) is 5.41 Å². The molecule has 3 nitrogen and oxygen atoms in total. The Bertz CT molecular complexity index is 775. The second-order valence-corrected chi connectivity index (χ2v) is 9.12. The minimum absolute atomic E-state index is 0.0187. The zero-order valence-electron chi connectivity index (χ0n) is 19.1. The van der Waals surface area contributed by atoms with Crippen LogP contribution in [0.1, 0.15) is 67.2 Å². The number of rotatable bonds is 8. The number of thiol groups is 1. The molecule has 0 aliphatic heterocycles. The van der Waals surface area contributed by atoms with Gasteiger partial charge in [-0.1, -0.05) is 89.2 Å². The van der Waals surface area contributed by atoms with Gasteiger partial charge in [-0.2, -0.15) is 12.6 Å². The molecule has 2 aromatic rings. The van der Waals surface area contributed by atoms with Crippen LogP contribution in [0.4, 0.5) is 0 Å². The van der Waals surface area contributed by atoms with Crippen molar-refractivity contribution in [3.05, 3.63) is 33.4 Å². The van der Waals surface area contributed by atoms with Gasteiger partial charge in [0.1, 0.15) is 0 Å². The number of carbonyl (C=O) groups excluding carboxylic acids is 1. The number of benzene rings is 1. The average Bonchev–Trinajstić information content (AvgIpc) is 3.03. The van der Waals surface area contributed by atoms with Crippen LogP contribution < -0.4 is 5.32 Å². The molecule has 0 radical (unpaired) electrons. The summed E-state index contributed by atoms with van der Waals surface area (Å²) in [5.41, 5.74) is 1.39. The maximum absolute atomic E-state index is 10.8. The van der Waals surface area contributed by atoms with E-state index in [2.05, 4.69) is 50.2 Å². The lowest BCUT2D eigenvalue weighted by Crippen LogP contribution is -2.28. The Hall–Kier alpha value is -0.550. The molecule has 0 aliphatic rings. The van der Waals surface area contributed by atoms with Crippen molar-refractivity contribution in [1.82, 2.24) is 9.88 Å². The average molecular weight is 496 g/mol. The largest absolute Gasteiger partial charge is 0.355 e. The number of nitrogens with zero attached hydrogens (tertiary/aromatic N) is 1. The minimum Gasteiger partial charge on any atom is -0.355 e. The fourth-order valence-corrected chi connectivity index (χ4v) is 3.23. The van der Waals surface area contributed by atoms with Crippen molar-refractivity contribution in [3.8, 4) is 0 Å². The lowest BCUT2D eigenvalue weighted by Gasteiger charge is -2.22. The number of carbonyl (C=O) groups is 1. The number of nitrogens with one attached hydrogen (secondary N) is 1. The van der Waals surface area contributed by atoms with Crippen LogP contribution in [0.5, 0.6) is 0 Å². The molecule has 30 heavy (non-hydrogen) atoms. The number of aryl methyl sites for hydroxylation is 1. The van der Waals surface area contributed by atoms with Crippen molar-refractivity contribution in [3.63, 3.8) is 0 Å². The summed E-state index contributed by atoms with van der Waals surface area (Å²) in [6.07, 6.45) is 6.39. The molecule has 0 atom stereocenters. The second kappa shape index (κ2) is 15.3. The fourth-order valence-electron chi connectivity index (χ4n) is 2.53. The topological polar surface area (TPSA) is 34.0 Å². The van der Waals surface area contributed by atoms with Crippen LogP contribution in [0, 0.1) is 5.41 Å². The van der Waals surface area contributed by atoms with E-state index in [9.17, 15) is 4.79 Å². The molecule has 1 aromatic carbocycles. The first-order valence-corrected chi connectivity index (χ1v) is 12.4. The Morgan fingerprint density at radius 3 is 2.23 bits per heavy atom. The highest BCUT2D eigenvalue weighted by Gasteiger charge is 2.14. The van der Waals surface area contributed by atoms with Gasteiger partial charge in [0, 0.05) is 24.7 Å². The lowest BCUT2D eigenvalue weighted by molar-refractivity contribution is -0.118. The van der Waals surface area contributed by atoms with Gasteiger partial charge >= 0.3 is 0 Å². The molecule has 0 bridgehead atoms. The Kier molecular flexibility index (Phi) is 15.0. The molecular weight excluding hydrogens is 459 g/mol. The van der Waals surface area contributed by atoms with E-state index >= 15 is 0 Å². The van der Waals surface area contributed by atoms with E-state index in [4.69, 9.17) is 34.8 Å². The summed E-state index contributed by atoms with van der Waals surface area (Å²) in [7, 11) is 0. The van der Waals surface area contributed by atoms with E-state index in [-0.39, 0.29) is 11.7 Å². The number of amides is 1. The molecule has 7 heteroatoms. The van der Waals surface area contributed by atoms with Crippen LogP contribution in [0.25, 0.3) is 10.9 Å². The van der Waals surface area contributed by atoms with Gasteiger partial charge in [0.05, 0.1) is 26.3 Å². The van der Waals surface area contributed by atoms with Gasteiger partial charge in [-0.25, -0.2) is 0 Å². The van der Waals surface area contributed by atoms with Crippen LogP contribution in [-0.4, -0.2) is 22.8 Å². The smallest absolute Gasteiger partial charge is 0.229 e. The van der Waals surface area contributed by atoms with E-state index in [1.165, 1.54) is 0 Å². The van der Waals surface area contributed by atoms with Crippen molar-refractivity contribution < 1.29 is 4.79 Å². The molecule has 0 aliphatic carbocycles. The third-order valence-corrected chi connectivity index (χ3v) is 6.16. The fraction of sp³-hybridized carbons (Fsp3) is 0.609. The second-order valence-electron chi connectivity index (χ2n) is 7.58. The third kappa shape index (κ3) is 10.2. The van der Waals surface area contributed by atoms with E-state index in [1.807, 2.05) is 32.2 Å². The maximum Gasteiger partial charge on any atom is 0.229 e. The SMILES string of the molecule is CC.CCC(C)(C)CCNC(=O)CS.CCCCn1cc(Cl)c2cc(Cl)c(Cl)cc21. The predicted octanol–water partition coefficient (Wildman–Crippen LogP) is 8.29. The molecule has 0 fully saturated rings. The molecule has 1 aromatic heterocycles. The molecule has 2 rings (SSSR count). The van der Waals surface area contributed by atoms with Gasteiger partial charge in [-0.3, -0.25) is 4.79 Å². The molecular formula is C23H37Cl3N2OS. The van der Waals surface area contributed by atoms with Crippen LogP contribution >= 0.6 is 47.4 Å². The summed E-state index contributed by atoms with van der Waals surface area (Å²) in [4.78, 5) is 10.8. The molecule has 0 saturated heterocycles. The molecule has 172 valence electrons. The highest BCUT2D eigenvalue weighted by Crippen LogP contribution is 2.33. The summed E-state index contributed by atoms with van der Waals surface area (Å²) in [5.74, 6) is 0.303. The van der Waals surface area contributed by atoms with E-state index in [0.29, 0.717) is 15.5 Å². The molecule has 1 heterocycles. The zero-order valence-corrected chi connectivity index (χ0v) is 22.3. The summed E-state index contributed by atoms with van der Waals surface area (Å²) in [6, 6.07) is 3.70. The zero-order chi connectivity index (χ0) is 23.3. The van der Waals surface area contributed by atoms with Crippen LogP contribution in [0.2, 0.25) is 15.1 Å². The van der Waals surface area contributed by atoms with Gasteiger partial charge < -0.3 is 9.88 Å². The first-order chi connectivity index (χ1) is 14.1. The number of unbranched alkanes of at least 4 members (excludes halogenated alkanes) is 1. The molecule has 0 unspecified atom stereocenters. The normalized spacial score (nSPS) is 10.7.